The second kappa shape index (κ2) is 4.78. The van der Waals surface area contributed by atoms with Gasteiger partial charge in [0.05, 0.1) is 11.6 Å². The lowest BCUT2D eigenvalue weighted by molar-refractivity contribution is 0.587. The van der Waals surface area contributed by atoms with Crippen LogP contribution in [0, 0.1) is 18.3 Å². The summed E-state index contributed by atoms with van der Waals surface area (Å²) in [6, 6.07) is 8.44. The van der Waals surface area contributed by atoms with Crippen molar-refractivity contribution < 1.29 is 0 Å². The Balaban J connectivity index is 2.75. The standard InChI is InChI=1S/C12H16N2/c1-9(2)14-8-12-5-4-11(7-13)6-10(12)3/h4-6,9,14H,8H2,1-3H3. The molecule has 74 valence electrons. The molecule has 0 aliphatic heterocycles. The molecule has 2 heteroatoms. The summed E-state index contributed by atoms with van der Waals surface area (Å²) in [5.41, 5.74) is 3.17. The first-order valence-corrected chi connectivity index (χ1v) is 4.86. The number of hydrogen-bond acceptors (Lipinski definition) is 2. The SMILES string of the molecule is Cc1cc(C#N)ccc1CNC(C)C. The van der Waals surface area contributed by atoms with Crippen LogP contribution in [0.25, 0.3) is 0 Å². The van der Waals surface area contributed by atoms with Crippen molar-refractivity contribution in [2.24, 2.45) is 0 Å². The zero-order chi connectivity index (χ0) is 10.6. The fourth-order valence-corrected chi connectivity index (χ4v) is 1.28. The van der Waals surface area contributed by atoms with Crippen molar-refractivity contribution in [2.75, 3.05) is 0 Å². The Kier molecular flexibility index (Phi) is 3.67. The summed E-state index contributed by atoms with van der Waals surface area (Å²) >= 11 is 0. The molecule has 1 aromatic carbocycles. The highest BCUT2D eigenvalue weighted by Gasteiger charge is 2.00. The molecule has 2 nitrogen and oxygen atoms in total. The van der Waals surface area contributed by atoms with E-state index in [1.165, 1.54) is 11.1 Å². The molecule has 14 heavy (non-hydrogen) atoms. The predicted molar refractivity (Wildman–Crippen MR) is 57.9 cm³/mol. The monoisotopic (exact) mass is 188 g/mol. The van der Waals surface area contributed by atoms with Gasteiger partial charge in [-0.3, -0.25) is 0 Å². The summed E-state index contributed by atoms with van der Waals surface area (Å²) in [6.07, 6.45) is 0. The third-order valence-corrected chi connectivity index (χ3v) is 2.17. The molecule has 1 aromatic rings. The fraction of sp³-hybridized carbons (Fsp3) is 0.417. The minimum atomic E-state index is 0.491. The number of hydrogen-bond donors (Lipinski definition) is 1. The van der Waals surface area contributed by atoms with E-state index in [1.54, 1.807) is 0 Å². The van der Waals surface area contributed by atoms with E-state index in [-0.39, 0.29) is 0 Å². The second-order valence-corrected chi connectivity index (χ2v) is 3.79. The number of aryl methyl sites for hydroxylation is 1. The highest BCUT2D eigenvalue weighted by atomic mass is 14.9. The van der Waals surface area contributed by atoms with Crippen molar-refractivity contribution in [2.45, 2.75) is 33.4 Å². The van der Waals surface area contributed by atoms with Crippen LogP contribution >= 0.6 is 0 Å². The van der Waals surface area contributed by atoms with E-state index in [1.807, 2.05) is 25.1 Å². The molecule has 1 rings (SSSR count). The molecule has 0 aliphatic carbocycles. The average Bonchev–Trinajstić information content (AvgIpc) is 2.15. The lowest BCUT2D eigenvalue weighted by Crippen LogP contribution is -2.22. The van der Waals surface area contributed by atoms with Crippen molar-refractivity contribution in [3.05, 3.63) is 34.9 Å². The molecule has 0 fully saturated rings. The maximum Gasteiger partial charge on any atom is 0.0991 e. The minimum absolute atomic E-state index is 0.491. The summed E-state index contributed by atoms with van der Waals surface area (Å²) in [6.45, 7) is 7.16. The third kappa shape index (κ3) is 2.86. The summed E-state index contributed by atoms with van der Waals surface area (Å²) in [7, 11) is 0. The number of nitriles is 1. The van der Waals surface area contributed by atoms with E-state index in [0.717, 1.165) is 12.1 Å². The van der Waals surface area contributed by atoms with E-state index < -0.39 is 0 Å². The van der Waals surface area contributed by atoms with Crippen LogP contribution in [-0.2, 0) is 6.54 Å². The molecular weight excluding hydrogens is 172 g/mol. The maximum atomic E-state index is 8.71. The van der Waals surface area contributed by atoms with Crippen LogP contribution in [0.4, 0.5) is 0 Å². The van der Waals surface area contributed by atoms with Crippen molar-refractivity contribution >= 4 is 0 Å². The quantitative estimate of drug-likeness (QED) is 0.790. The summed E-state index contributed by atoms with van der Waals surface area (Å²) in [4.78, 5) is 0. The Labute approximate surface area is 85.6 Å². The Morgan fingerprint density at radius 3 is 2.64 bits per heavy atom. The molecule has 0 spiro atoms. The molecule has 0 bridgehead atoms. The lowest BCUT2D eigenvalue weighted by Gasteiger charge is -2.10. The molecule has 0 aromatic heterocycles. The summed E-state index contributed by atoms with van der Waals surface area (Å²) in [5, 5.41) is 12.1. The van der Waals surface area contributed by atoms with Gasteiger partial charge in [0, 0.05) is 12.6 Å². The van der Waals surface area contributed by atoms with E-state index in [4.69, 9.17) is 5.26 Å². The third-order valence-electron chi connectivity index (χ3n) is 2.17. The summed E-state index contributed by atoms with van der Waals surface area (Å²) in [5.74, 6) is 0. The zero-order valence-corrected chi connectivity index (χ0v) is 8.96. The van der Waals surface area contributed by atoms with Gasteiger partial charge in [-0.15, -0.1) is 0 Å². The van der Waals surface area contributed by atoms with Crippen LogP contribution in [0.1, 0.15) is 30.5 Å². The van der Waals surface area contributed by atoms with E-state index in [9.17, 15) is 0 Å². The second-order valence-electron chi connectivity index (χ2n) is 3.79. The molecular formula is C12H16N2. The molecule has 0 unspecified atom stereocenters. The molecule has 0 atom stereocenters. The van der Waals surface area contributed by atoms with Crippen LogP contribution in [-0.4, -0.2) is 6.04 Å². The maximum absolute atomic E-state index is 8.71. The first kappa shape index (κ1) is 10.7. The van der Waals surface area contributed by atoms with Gasteiger partial charge in [0.25, 0.3) is 0 Å². The summed E-state index contributed by atoms with van der Waals surface area (Å²) < 4.78 is 0. The van der Waals surface area contributed by atoms with Crippen LogP contribution in [0.15, 0.2) is 18.2 Å². The normalized spacial score (nSPS) is 10.2. The molecule has 0 radical (unpaired) electrons. The molecule has 0 heterocycles. The van der Waals surface area contributed by atoms with Crippen LogP contribution in [0.2, 0.25) is 0 Å². The van der Waals surface area contributed by atoms with E-state index in [0.29, 0.717) is 6.04 Å². The minimum Gasteiger partial charge on any atom is -0.310 e. The van der Waals surface area contributed by atoms with Crippen molar-refractivity contribution in [1.29, 1.82) is 5.26 Å². The number of nitrogens with one attached hydrogen (secondary N) is 1. The van der Waals surface area contributed by atoms with Crippen LogP contribution in [0.3, 0.4) is 0 Å². The Morgan fingerprint density at radius 1 is 1.43 bits per heavy atom. The van der Waals surface area contributed by atoms with Crippen molar-refractivity contribution in [1.82, 2.24) is 5.32 Å². The van der Waals surface area contributed by atoms with Gasteiger partial charge in [-0.25, -0.2) is 0 Å². The van der Waals surface area contributed by atoms with E-state index in [2.05, 4.69) is 25.2 Å². The first-order chi connectivity index (χ1) is 6.63. The Bertz CT molecular complexity index is 348. The largest absolute Gasteiger partial charge is 0.310 e. The van der Waals surface area contributed by atoms with E-state index >= 15 is 0 Å². The van der Waals surface area contributed by atoms with Gasteiger partial charge in [0.15, 0.2) is 0 Å². The Morgan fingerprint density at radius 2 is 2.14 bits per heavy atom. The number of benzene rings is 1. The van der Waals surface area contributed by atoms with Crippen LogP contribution < -0.4 is 5.32 Å². The fourth-order valence-electron chi connectivity index (χ4n) is 1.28. The topological polar surface area (TPSA) is 35.8 Å². The van der Waals surface area contributed by atoms with Crippen molar-refractivity contribution in [3.8, 4) is 6.07 Å². The first-order valence-electron chi connectivity index (χ1n) is 4.86. The van der Waals surface area contributed by atoms with Gasteiger partial charge >= 0.3 is 0 Å². The highest BCUT2D eigenvalue weighted by molar-refractivity contribution is 5.37. The van der Waals surface area contributed by atoms with Crippen LogP contribution in [0.5, 0.6) is 0 Å². The van der Waals surface area contributed by atoms with Gasteiger partial charge in [0.2, 0.25) is 0 Å². The van der Waals surface area contributed by atoms with Gasteiger partial charge in [0.1, 0.15) is 0 Å². The molecule has 0 aliphatic rings. The smallest absolute Gasteiger partial charge is 0.0991 e. The van der Waals surface area contributed by atoms with Gasteiger partial charge in [-0.2, -0.15) is 5.26 Å². The number of nitrogens with zero attached hydrogens (tertiary/aromatic N) is 1. The Hall–Kier alpha value is -1.33. The molecule has 0 saturated carbocycles. The van der Waals surface area contributed by atoms with Gasteiger partial charge < -0.3 is 5.32 Å². The molecule has 0 saturated heterocycles. The zero-order valence-electron chi connectivity index (χ0n) is 8.96. The highest BCUT2D eigenvalue weighted by Crippen LogP contribution is 2.10. The molecule has 0 amide bonds. The number of rotatable bonds is 3. The van der Waals surface area contributed by atoms with Crippen molar-refractivity contribution in [3.63, 3.8) is 0 Å². The van der Waals surface area contributed by atoms with Gasteiger partial charge in [-0.1, -0.05) is 19.9 Å². The average molecular weight is 188 g/mol. The predicted octanol–water partition coefficient (Wildman–Crippen LogP) is 2.36. The molecule has 1 N–H and O–H groups in total. The lowest BCUT2D eigenvalue weighted by atomic mass is 10.1. The van der Waals surface area contributed by atoms with Gasteiger partial charge in [-0.05, 0) is 30.2 Å².